The Hall–Kier alpha value is -1.37. The van der Waals surface area contributed by atoms with Gasteiger partial charge in [-0.2, -0.15) is 0 Å². The second-order valence-electron chi connectivity index (χ2n) is 4.74. The van der Waals surface area contributed by atoms with Crippen LogP contribution in [0.5, 0.6) is 0 Å². The van der Waals surface area contributed by atoms with Crippen molar-refractivity contribution in [1.82, 2.24) is 9.80 Å². The van der Waals surface area contributed by atoms with Crippen LogP contribution in [0, 0.1) is 0 Å². The average Bonchev–Trinajstić information content (AvgIpc) is 2.91. The molecule has 0 aliphatic carbocycles. The standard InChI is InChI=1S/C13H20N2O4/c1-14(7-11-3-2-5-18-11)13(17)9-15-4-6-19-12(8-15)10-16/h2-3,5,12,16H,4,6-10H2,1H3. The van der Waals surface area contributed by atoms with Gasteiger partial charge in [0.25, 0.3) is 0 Å². The van der Waals surface area contributed by atoms with Crippen LogP contribution in [0.1, 0.15) is 5.76 Å². The molecule has 1 N–H and O–H groups in total. The Balaban J connectivity index is 1.79. The molecule has 1 aromatic rings. The molecule has 19 heavy (non-hydrogen) atoms. The van der Waals surface area contributed by atoms with Gasteiger partial charge < -0.3 is 19.2 Å². The highest BCUT2D eigenvalue weighted by atomic mass is 16.5. The molecule has 6 nitrogen and oxygen atoms in total. The van der Waals surface area contributed by atoms with Gasteiger partial charge in [0, 0.05) is 20.1 Å². The summed E-state index contributed by atoms with van der Waals surface area (Å²) in [7, 11) is 1.76. The van der Waals surface area contributed by atoms with E-state index in [0.717, 1.165) is 12.3 Å². The molecule has 2 heterocycles. The van der Waals surface area contributed by atoms with Gasteiger partial charge in [-0.1, -0.05) is 0 Å². The second-order valence-corrected chi connectivity index (χ2v) is 4.74. The number of morpholine rings is 1. The van der Waals surface area contributed by atoms with Gasteiger partial charge in [-0.25, -0.2) is 0 Å². The predicted molar refractivity (Wildman–Crippen MR) is 68.4 cm³/mol. The molecule has 1 aliphatic heterocycles. The molecule has 1 fully saturated rings. The minimum Gasteiger partial charge on any atom is -0.467 e. The van der Waals surface area contributed by atoms with Crippen LogP contribution < -0.4 is 0 Å². The highest BCUT2D eigenvalue weighted by Crippen LogP contribution is 2.07. The first-order valence-corrected chi connectivity index (χ1v) is 6.40. The first-order valence-electron chi connectivity index (χ1n) is 6.40. The van der Waals surface area contributed by atoms with Crippen molar-refractivity contribution >= 4 is 5.91 Å². The maximum Gasteiger partial charge on any atom is 0.236 e. The third kappa shape index (κ3) is 4.05. The van der Waals surface area contributed by atoms with Crippen molar-refractivity contribution in [3.05, 3.63) is 24.2 Å². The monoisotopic (exact) mass is 268 g/mol. The molecule has 1 atom stereocenters. The van der Waals surface area contributed by atoms with Gasteiger partial charge >= 0.3 is 0 Å². The Bertz CT molecular complexity index is 393. The van der Waals surface area contributed by atoms with Crippen LogP contribution in [-0.2, 0) is 16.1 Å². The van der Waals surface area contributed by atoms with Gasteiger partial charge in [0.1, 0.15) is 5.76 Å². The number of amides is 1. The Labute approximate surface area is 112 Å². The minimum absolute atomic E-state index is 0.00702. The van der Waals surface area contributed by atoms with E-state index in [-0.39, 0.29) is 18.6 Å². The van der Waals surface area contributed by atoms with Gasteiger partial charge in [-0.3, -0.25) is 9.69 Å². The number of hydrogen-bond donors (Lipinski definition) is 1. The fourth-order valence-electron chi connectivity index (χ4n) is 2.07. The molecule has 0 saturated carbocycles. The summed E-state index contributed by atoms with van der Waals surface area (Å²) >= 11 is 0. The van der Waals surface area contributed by atoms with E-state index in [2.05, 4.69) is 0 Å². The van der Waals surface area contributed by atoms with Crippen molar-refractivity contribution in [1.29, 1.82) is 0 Å². The minimum atomic E-state index is -0.183. The Morgan fingerprint density at radius 2 is 2.47 bits per heavy atom. The molecule has 1 aromatic heterocycles. The van der Waals surface area contributed by atoms with Crippen LogP contribution in [0.4, 0.5) is 0 Å². The smallest absolute Gasteiger partial charge is 0.236 e. The zero-order valence-electron chi connectivity index (χ0n) is 11.1. The normalized spacial score (nSPS) is 20.4. The number of aliphatic hydroxyl groups is 1. The van der Waals surface area contributed by atoms with E-state index >= 15 is 0 Å². The van der Waals surface area contributed by atoms with Gasteiger partial charge in [0.15, 0.2) is 0 Å². The number of aliphatic hydroxyl groups excluding tert-OH is 1. The lowest BCUT2D eigenvalue weighted by Crippen LogP contribution is -2.48. The van der Waals surface area contributed by atoms with Gasteiger partial charge in [-0.05, 0) is 12.1 Å². The van der Waals surface area contributed by atoms with Crippen LogP contribution in [0.3, 0.4) is 0 Å². The summed E-state index contributed by atoms with van der Waals surface area (Å²) in [6, 6.07) is 3.65. The topological polar surface area (TPSA) is 66.2 Å². The van der Waals surface area contributed by atoms with Crippen molar-refractivity contribution in [3.8, 4) is 0 Å². The van der Waals surface area contributed by atoms with Crippen molar-refractivity contribution < 1.29 is 19.1 Å². The quantitative estimate of drug-likeness (QED) is 0.810. The van der Waals surface area contributed by atoms with Crippen molar-refractivity contribution in [2.24, 2.45) is 0 Å². The number of carbonyl (C=O) groups is 1. The molecular weight excluding hydrogens is 248 g/mol. The molecule has 1 saturated heterocycles. The highest BCUT2D eigenvalue weighted by molar-refractivity contribution is 5.77. The molecular formula is C13H20N2O4. The fourth-order valence-corrected chi connectivity index (χ4v) is 2.07. The van der Waals surface area contributed by atoms with E-state index in [9.17, 15) is 4.79 Å². The van der Waals surface area contributed by atoms with Crippen molar-refractivity contribution in [2.45, 2.75) is 12.6 Å². The number of hydrogen-bond acceptors (Lipinski definition) is 5. The molecule has 0 radical (unpaired) electrons. The molecule has 1 unspecified atom stereocenters. The van der Waals surface area contributed by atoms with E-state index in [1.807, 2.05) is 17.0 Å². The number of carbonyl (C=O) groups excluding carboxylic acids is 1. The van der Waals surface area contributed by atoms with Gasteiger partial charge in [0.2, 0.25) is 5.91 Å². The summed E-state index contributed by atoms with van der Waals surface area (Å²) in [5.41, 5.74) is 0. The summed E-state index contributed by atoms with van der Waals surface area (Å²) in [4.78, 5) is 15.7. The molecule has 2 rings (SSSR count). The predicted octanol–water partition coefficient (Wildman–Crippen LogP) is -0.0689. The number of rotatable bonds is 5. The molecule has 0 spiro atoms. The summed E-state index contributed by atoms with van der Waals surface area (Å²) in [6.07, 6.45) is 1.42. The van der Waals surface area contributed by atoms with E-state index in [1.54, 1.807) is 18.2 Å². The zero-order chi connectivity index (χ0) is 13.7. The first kappa shape index (κ1) is 14.0. The largest absolute Gasteiger partial charge is 0.467 e. The summed E-state index contributed by atoms with van der Waals surface area (Å²) < 4.78 is 10.6. The SMILES string of the molecule is CN(Cc1ccco1)C(=O)CN1CCOC(CO)C1. The number of ether oxygens (including phenoxy) is 1. The highest BCUT2D eigenvalue weighted by Gasteiger charge is 2.22. The molecule has 0 aromatic carbocycles. The van der Waals surface area contributed by atoms with Crippen molar-refractivity contribution in [3.63, 3.8) is 0 Å². The molecule has 1 aliphatic rings. The van der Waals surface area contributed by atoms with Crippen molar-refractivity contribution in [2.75, 3.05) is 39.9 Å². The Morgan fingerprint density at radius 3 is 3.16 bits per heavy atom. The fraction of sp³-hybridized carbons (Fsp3) is 0.615. The maximum absolute atomic E-state index is 12.1. The molecule has 0 bridgehead atoms. The summed E-state index contributed by atoms with van der Waals surface area (Å²) in [6.45, 7) is 2.68. The lowest BCUT2D eigenvalue weighted by atomic mass is 10.3. The number of nitrogens with zero attached hydrogens (tertiary/aromatic N) is 2. The van der Waals surface area contributed by atoms with E-state index < -0.39 is 0 Å². The first-order chi connectivity index (χ1) is 9.19. The van der Waals surface area contributed by atoms with E-state index in [1.165, 1.54) is 0 Å². The Kier molecular flexibility index (Phi) is 4.95. The van der Waals surface area contributed by atoms with Gasteiger partial charge in [-0.15, -0.1) is 0 Å². The maximum atomic E-state index is 12.1. The van der Waals surface area contributed by atoms with Crippen LogP contribution >= 0.6 is 0 Å². The summed E-state index contributed by atoms with van der Waals surface area (Å²) in [5.74, 6) is 0.807. The Morgan fingerprint density at radius 1 is 1.63 bits per heavy atom. The lowest BCUT2D eigenvalue weighted by Gasteiger charge is -2.32. The molecule has 1 amide bonds. The molecule has 106 valence electrons. The third-order valence-electron chi connectivity index (χ3n) is 3.18. The third-order valence-corrected chi connectivity index (χ3v) is 3.18. The zero-order valence-corrected chi connectivity index (χ0v) is 11.1. The van der Waals surface area contributed by atoms with E-state index in [0.29, 0.717) is 26.2 Å². The number of furan rings is 1. The van der Waals surface area contributed by atoms with Crippen LogP contribution in [-0.4, -0.2) is 66.8 Å². The van der Waals surface area contributed by atoms with Gasteiger partial charge in [0.05, 0.1) is 38.7 Å². The lowest BCUT2D eigenvalue weighted by molar-refractivity contribution is -0.134. The average molecular weight is 268 g/mol. The second kappa shape index (κ2) is 6.70. The number of likely N-dealkylation sites (N-methyl/N-ethyl adjacent to an activating group) is 1. The van der Waals surface area contributed by atoms with E-state index in [4.69, 9.17) is 14.3 Å². The molecule has 6 heteroatoms. The van der Waals surface area contributed by atoms with Crippen LogP contribution in [0.2, 0.25) is 0 Å². The summed E-state index contributed by atoms with van der Waals surface area (Å²) in [5, 5.41) is 9.06. The van der Waals surface area contributed by atoms with Crippen LogP contribution in [0.25, 0.3) is 0 Å². The van der Waals surface area contributed by atoms with Crippen LogP contribution in [0.15, 0.2) is 22.8 Å².